The third-order valence-electron chi connectivity index (χ3n) is 8.58. The molecule has 4 heterocycles. The summed E-state index contributed by atoms with van der Waals surface area (Å²) in [4.78, 5) is 36.7. The van der Waals surface area contributed by atoms with Gasteiger partial charge in [0.05, 0.1) is 18.2 Å². The van der Waals surface area contributed by atoms with Gasteiger partial charge in [0.15, 0.2) is 17.6 Å². The molecule has 13 nitrogen and oxygen atoms in total. The summed E-state index contributed by atoms with van der Waals surface area (Å²) < 4.78 is 5.90. The molecular weight excluding hydrogens is 528 g/mol. The summed E-state index contributed by atoms with van der Waals surface area (Å²) in [7, 11) is 0. The number of nitrogens with zero attached hydrogens (tertiary/aromatic N) is 3. The number of rotatable bonds is 5. The summed E-state index contributed by atoms with van der Waals surface area (Å²) >= 11 is 0. The number of hydrogen-bond acceptors (Lipinski definition) is 11. The van der Waals surface area contributed by atoms with Gasteiger partial charge in [0.2, 0.25) is 5.79 Å². The molecule has 2 amide bonds. The van der Waals surface area contributed by atoms with Crippen molar-refractivity contribution in [1.82, 2.24) is 20.9 Å². The van der Waals surface area contributed by atoms with Gasteiger partial charge in [-0.25, -0.2) is 9.98 Å². The van der Waals surface area contributed by atoms with Gasteiger partial charge in [0, 0.05) is 24.2 Å². The van der Waals surface area contributed by atoms with E-state index in [1.54, 1.807) is 42.5 Å². The van der Waals surface area contributed by atoms with Crippen LogP contribution in [0.15, 0.2) is 58.5 Å². The number of hydrogen-bond donors (Lipinski definition) is 7. The molecule has 6 rings (SSSR count). The fourth-order valence-corrected chi connectivity index (χ4v) is 6.32. The van der Waals surface area contributed by atoms with Crippen molar-refractivity contribution >= 4 is 23.7 Å². The van der Waals surface area contributed by atoms with Gasteiger partial charge in [-0.3, -0.25) is 9.59 Å². The molecule has 0 aromatic heterocycles. The zero-order chi connectivity index (χ0) is 29.2. The summed E-state index contributed by atoms with van der Waals surface area (Å²) in [5, 5.41) is 31.9. The molecule has 41 heavy (non-hydrogen) atoms. The standard InChI is InChI=1S/C28H34N8O5/c1-26(2)11-12-41-20-16(9-6-10-17(20)26)23(38)33-19-14-36-25(30)32-18(13-31-22(37)15-7-4-3-5-8-15)21-27(36,28(19,39)40)35-24(29)34-21/h3-10,18-19,21,39-40H,11-14H2,1-2H3,(H2,30,32)(H,31,37)(H,33,38)(H3,29,34,35)/t18-,19?,21-,27-/m0/s1. The zero-order valence-corrected chi connectivity index (χ0v) is 22.8. The normalized spacial score (nSPS) is 28.6. The maximum absolute atomic E-state index is 13.6. The summed E-state index contributed by atoms with van der Waals surface area (Å²) in [5.41, 5.74) is 12.2. The van der Waals surface area contributed by atoms with E-state index in [4.69, 9.17) is 16.2 Å². The van der Waals surface area contributed by atoms with Crippen molar-refractivity contribution in [3.63, 3.8) is 0 Å². The van der Waals surface area contributed by atoms with Crippen molar-refractivity contribution < 1.29 is 24.5 Å². The van der Waals surface area contributed by atoms with Crippen LogP contribution in [0.3, 0.4) is 0 Å². The van der Waals surface area contributed by atoms with Crippen LogP contribution in [0.1, 0.15) is 46.5 Å². The molecule has 1 fully saturated rings. The predicted molar refractivity (Wildman–Crippen MR) is 150 cm³/mol. The highest BCUT2D eigenvalue weighted by atomic mass is 16.5. The molecule has 4 aliphatic rings. The number of nitrogens with two attached hydrogens (primary N) is 2. The first-order valence-corrected chi connectivity index (χ1v) is 13.5. The van der Waals surface area contributed by atoms with Crippen LogP contribution >= 0.6 is 0 Å². The number of benzene rings is 2. The predicted octanol–water partition coefficient (Wildman–Crippen LogP) is -1.05. The average molecular weight is 563 g/mol. The largest absolute Gasteiger partial charge is 0.492 e. The van der Waals surface area contributed by atoms with Gasteiger partial charge < -0.3 is 47.3 Å². The van der Waals surface area contributed by atoms with Crippen LogP contribution in [0.5, 0.6) is 5.75 Å². The quantitative estimate of drug-likeness (QED) is 0.222. The number of amides is 2. The summed E-state index contributed by atoms with van der Waals surface area (Å²) in [6.07, 6.45) is 0.807. The molecule has 4 aliphatic heterocycles. The van der Waals surface area contributed by atoms with Crippen molar-refractivity contribution in [3.8, 4) is 5.75 Å². The second kappa shape index (κ2) is 9.35. The topological polar surface area (TPSA) is 200 Å². The number of fused-ring (bicyclic) bond motifs is 1. The number of para-hydroxylation sites is 1. The highest BCUT2D eigenvalue weighted by Crippen LogP contribution is 2.45. The lowest BCUT2D eigenvalue weighted by Gasteiger charge is -2.49. The summed E-state index contributed by atoms with van der Waals surface area (Å²) in [6, 6.07) is 11.1. The number of aliphatic hydroxyl groups is 2. The highest BCUT2D eigenvalue weighted by molar-refractivity contribution is 5.98. The van der Waals surface area contributed by atoms with Crippen molar-refractivity contribution in [1.29, 1.82) is 0 Å². The van der Waals surface area contributed by atoms with Crippen LogP contribution < -0.4 is 32.2 Å². The average Bonchev–Trinajstić information content (AvgIpc) is 3.41. The van der Waals surface area contributed by atoms with Crippen LogP contribution in [-0.4, -0.2) is 88.1 Å². The molecule has 1 unspecified atom stereocenters. The van der Waals surface area contributed by atoms with Gasteiger partial charge in [0.1, 0.15) is 17.8 Å². The molecule has 2 aromatic carbocycles. The van der Waals surface area contributed by atoms with Crippen LogP contribution in [0.25, 0.3) is 0 Å². The second-order valence-electron chi connectivity index (χ2n) is 11.5. The Morgan fingerprint density at radius 2 is 1.85 bits per heavy atom. The van der Waals surface area contributed by atoms with Crippen LogP contribution in [0.4, 0.5) is 0 Å². The number of ether oxygens (including phenoxy) is 1. The molecule has 4 atom stereocenters. The van der Waals surface area contributed by atoms with Crippen molar-refractivity contribution in [2.75, 3.05) is 19.7 Å². The fraction of sp³-hybridized carbons (Fsp3) is 0.429. The number of guanidine groups is 2. The van der Waals surface area contributed by atoms with Crippen LogP contribution in [-0.2, 0) is 5.41 Å². The van der Waals surface area contributed by atoms with Crippen LogP contribution in [0.2, 0.25) is 0 Å². The number of nitrogens with one attached hydrogen (secondary N) is 3. The third-order valence-corrected chi connectivity index (χ3v) is 8.58. The lowest BCUT2D eigenvalue weighted by molar-refractivity contribution is -0.230. The molecule has 9 N–H and O–H groups in total. The first-order chi connectivity index (χ1) is 19.5. The molecule has 0 radical (unpaired) electrons. The molecule has 1 spiro atoms. The lowest BCUT2D eigenvalue weighted by Crippen LogP contribution is -2.78. The molecule has 216 valence electrons. The maximum atomic E-state index is 13.6. The van der Waals surface area contributed by atoms with Gasteiger partial charge in [-0.15, -0.1) is 0 Å². The van der Waals surface area contributed by atoms with E-state index >= 15 is 0 Å². The van der Waals surface area contributed by atoms with E-state index in [1.165, 1.54) is 4.90 Å². The number of aliphatic imine (C=N–C) groups is 2. The molecule has 2 aromatic rings. The second-order valence-corrected chi connectivity index (χ2v) is 11.5. The summed E-state index contributed by atoms with van der Waals surface area (Å²) in [5.74, 6) is -3.03. The van der Waals surface area contributed by atoms with E-state index in [0.717, 1.165) is 12.0 Å². The Kier molecular flexibility index (Phi) is 6.12. The highest BCUT2D eigenvalue weighted by Gasteiger charge is 2.73. The first-order valence-electron chi connectivity index (χ1n) is 13.5. The Morgan fingerprint density at radius 1 is 1.10 bits per heavy atom. The number of carbonyl (C=O) groups is 2. The Balaban J connectivity index is 1.27. The monoisotopic (exact) mass is 562 g/mol. The van der Waals surface area contributed by atoms with E-state index < -0.39 is 35.5 Å². The van der Waals surface area contributed by atoms with Crippen molar-refractivity contribution in [3.05, 3.63) is 65.2 Å². The van der Waals surface area contributed by atoms with Gasteiger partial charge in [-0.2, -0.15) is 0 Å². The first kappa shape index (κ1) is 26.8. The Labute approximate surface area is 236 Å². The fourth-order valence-electron chi connectivity index (χ4n) is 6.32. The van der Waals surface area contributed by atoms with E-state index in [1.807, 2.05) is 6.07 Å². The molecule has 0 aliphatic carbocycles. The van der Waals surface area contributed by atoms with Gasteiger partial charge in [-0.05, 0) is 30.0 Å². The van der Waals surface area contributed by atoms with Crippen LogP contribution in [0, 0.1) is 0 Å². The number of carbonyl (C=O) groups excluding carboxylic acids is 2. The molecule has 0 bridgehead atoms. The third kappa shape index (κ3) is 4.06. The van der Waals surface area contributed by atoms with Gasteiger partial charge in [-0.1, -0.05) is 44.2 Å². The Morgan fingerprint density at radius 3 is 2.61 bits per heavy atom. The van der Waals surface area contributed by atoms with E-state index in [0.29, 0.717) is 23.5 Å². The van der Waals surface area contributed by atoms with Crippen molar-refractivity contribution in [2.45, 2.75) is 55.3 Å². The van der Waals surface area contributed by atoms with E-state index in [-0.39, 0.29) is 36.3 Å². The molecule has 0 saturated carbocycles. The molecular formula is C28H34N8O5. The Hall–Kier alpha value is -4.36. The minimum absolute atomic E-state index is 0.00350. The maximum Gasteiger partial charge on any atom is 0.255 e. The smallest absolute Gasteiger partial charge is 0.255 e. The Bertz CT molecular complexity index is 1460. The van der Waals surface area contributed by atoms with Gasteiger partial charge in [0.25, 0.3) is 11.8 Å². The SMILES string of the molecule is CC1(C)CCOc2c(C(=O)NC3CN4C(N)=N[C@@H](CNC(=O)c5ccccc5)[C@@H]5N=C(N)N[C@@]54C3(O)O)cccc21. The summed E-state index contributed by atoms with van der Waals surface area (Å²) in [6.45, 7) is 4.56. The van der Waals surface area contributed by atoms with Gasteiger partial charge >= 0.3 is 0 Å². The zero-order valence-electron chi connectivity index (χ0n) is 22.8. The minimum Gasteiger partial charge on any atom is -0.492 e. The minimum atomic E-state index is -2.60. The lowest BCUT2D eigenvalue weighted by atomic mass is 9.79. The van der Waals surface area contributed by atoms with E-state index in [9.17, 15) is 19.8 Å². The molecule has 1 saturated heterocycles. The van der Waals surface area contributed by atoms with E-state index in [2.05, 4.69) is 39.8 Å². The van der Waals surface area contributed by atoms with Crippen molar-refractivity contribution in [2.24, 2.45) is 21.5 Å². The molecule has 13 heteroatoms.